The SMILES string of the molecule is C/C(=N/NC(=O)c1cc(-c2ccc(O)cc2)nc2ccccc12)c1ccc(NC(=O)CCC(=O)O)cc1. The summed E-state index contributed by atoms with van der Waals surface area (Å²) in [6.45, 7) is 1.74. The highest BCUT2D eigenvalue weighted by molar-refractivity contribution is 6.08. The molecule has 0 fully saturated rings. The highest BCUT2D eigenvalue weighted by atomic mass is 16.4. The smallest absolute Gasteiger partial charge is 0.303 e. The van der Waals surface area contributed by atoms with Crippen LogP contribution in [-0.4, -0.2) is 38.7 Å². The fourth-order valence-corrected chi connectivity index (χ4v) is 3.64. The van der Waals surface area contributed by atoms with E-state index in [2.05, 4.69) is 20.8 Å². The quantitative estimate of drug-likeness (QED) is 0.208. The van der Waals surface area contributed by atoms with E-state index in [1.165, 1.54) is 0 Å². The number of para-hydroxylation sites is 1. The number of aromatic hydroxyl groups is 1. The van der Waals surface area contributed by atoms with Gasteiger partial charge in [-0.2, -0.15) is 5.10 Å². The van der Waals surface area contributed by atoms with Gasteiger partial charge in [-0.25, -0.2) is 10.4 Å². The zero-order valence-corrected chi connectivity index (χ0v) is 19.9. The van der Waals surface area contributed by atoms with Crippen molar-refractivity contribution in [2.24, 2.45) is 5.10 Å². The Morgan fingerprint density at radius 2 is 1.62 bits per heavy atom. The molecule has 2 amide bonds. The Bertz CT molecular complexity index is 1500. The number of carbonyl (C=O) groups excluding carboxylic acids is 2. The first-order valence-corrected chi connectivity index (χ1v) is 11.5. The first-order valence-electron chi connectivity index (χ1n) is 11.5. The lowest BCUT2D eigenvalue weighted by Crippen LogP contribution is -2.20. The number of hydrazone groups is 1. The van der Waals surface area contributed by atoms with Crippen molar-refractivity contribution >= 4 is 40.1 Å². The van der Waals surface area contributed by atoms with Crippen LogP contribution in [0, 0.1) is 0 Å². The topological polar surface area (TPSA) is 141 Å². The third-order valence-electron chi connectivity index (χ3n) is 5.60. The Labute approximate surface area is 212 Å². The molecule has 0 saturated carbocycles. The number of anilines is 1. The third kappa shape index (κ3) is 6.34. The maximum absolute atomic E-state index is 13.1. The molecule has 0 atom stereocenters. The van der Waals surface area contributed by atoms with Gasteiger partial charge in [0.2, 0.25) is 5.91 Å². The number of rotatable bonds is 8. The normalized spacial score (nSPS) is 11.2. The van der Waals surface area contributed by atoms with E-state index < -0.39 is 11.9 Å². The first kappa shape index (κ1) is 25.1. The van der Waals surface area contributed by atoms with Crippen LogP contribution in [0.2, 0.25) is 0 Å². The molecule has 0 radical (unpaired) electrons. The van der Waals surface area contributed by atoms with Gasteiger partial charge in [0.25, 0.3) is 5.91 Å². The van der Waals surface area contributed by atoms with E-state index >= 15 is 0 Å². The molecule has 0 saturated heterocycles. The van der Waals surface area contributed by atoms with Crippen LogP contribution in [0.4, 0.5) is 5.69 Å². The molecule has 9 nitrogen and oxygen atoms in total. The summed E-state index contributed by atoms with van der Waals surface area (Å²) >= 11 is 0. The molecule has 0 aliphatic heterocycles. The van der Waals surface area contributed by atoms with E-state index in [9.17, 15) is 19.5 Å². The van der Waals surface area contributed by atoms with Gasteiger partial charge < -0.3 is 15.5 Å². The van der Waals surface area contributed by atoms with Crippen LogP contribution in [0.1, 0.15) is 35.7 Å². The Morgan fingerprint density at radius 3 is 2.32 bits per heavy atom. The van der Waals surface area contributed by atoms with E-state index in [4.69, 9.17) is 5.11 Å². The van der Waals surface area contributed by atoms with Crippen LogP contribution in [0.5, 0.6) is 5.75 Å². The second kappa shape index (κ2) is 11.1. The van der Waals surface area contributed by atoms with Crippen molar-refractivity contribution in [2.45, 2.75) is 19.8 Å². The predicted octanol–water partition coefficient (Wildman–Crippen LogP) is 4.56. The van der Waals surface area contributed by atoms with Gasteiger partial charge in [-0.15, -0.1) is 0 Å². The average Bonchev–Trinajstić information content (AvgIpc) is 2.90. The molecule has 0 aliphatic carbocycles. The summed E-state index contributed by atoms with van der Waals surface area (Å²) in [6, 6.07) is 22.4. The van der Waals surface area contributed by atoms with Gasteiger partial charge >= 0.3 is 5.97 Å². The lowest BCUT2D eigenvalue weighted by atomic mass is 10.0. The summed E-state index contributed by atoms with van der Waals surface area (Å²) in [7, 11) is 0. The van der Waals surface area contributed by atoms with E-state index in [0.29, 0.717) is 33.6 Å². The Kier molecular flexibility index (Phi) is 7.53. The molecular weight excluding hydrogens is 472 g/mol. The van der Waals surface area contributed by atoms with Crippen molar-refractivity contribution in [1.82, 2.24) is 10.4 Å². The lowest BCUT2D eigenvalue weighted by Gasteiger charge is -2.10. The number of carboxylic acids is 1. The number of nitrogens with zero attached hydrogens (tertiary/aromatic N) is 2. The van der Waals surface area contributed by atoms with Crippen molar-refractivity contribution in [2.75, 3.05) is 5.32 Å². The first-order chi connectivity index (χ1) is 17.8. The summed E-state index contributed by atoms with van der Waals surface area (Å²) in [6.07, 6.45) is -0.347. The van der Waals surface area contributed by atoms with Gasteiger partial charge in [0, 0.05) is 23.1 Å². The number of fused-ring (bicyclic) bond motifs is 1. The number of carboxylic acid groups (broad SMARTS) is 1. The molecular formula is C28H24N4O5. The Morgan fingerprint density at radius 1 is 0.919 bits per heavy atom. The van der Waals surface area contributed by atoms with Gasteiger partial charge in [0.1, 0.15) is 5.75 Å². The molecule has 9 heteroatoms. The van der Waals surface area contributed by atoms with Crippen LogP contribution in [0.15, 0.2) is 84.0 Å². The molecule has 186 valence electrons. The molecule has 4 rings (SSSR count). The van der Waals surface area contributed by atoms with E-state index in [1.54, 1.807) is 61.5 Å². The van der Waals surface area contributed by atoms with Crippen LogP contribution in [0.3, 0.4) is 0 Å². The minimum atomic E-state index is -1.03. The van der Waals surface area contributed by atoms with Gasteiger partial charge in [0.05, 0.1) is 28.9 Å². The number of hydrogen-bond acceptors (Lipinski definition) is 6. The number of phenolic OH excluding ortho intramolecular Hbond substituents is 1. The molecule has 4 N–H and O–H groups in total. The molecule has 0 aliphatic rings. The van der Waals surface area contributed by atoms with Crippen molar-refractivity contribution in [3.05, 3.63) is 90.0 Å². The van der Waals surface area contributed by atoms with Crippen molar-refractivity contribution in [3.63, 3.8) is 0 Å². The fraction of sp³-hybridized carbons (Fsp3) is 0.107. The minimum Gasteiger partial charge on any atom is -0.508 e. The van der Waals surface area contributed by atoms with E-state index in [-0.39, 0.29) is 24.5 Å². The van der Waals surface area contributed by atoms with Crippen molar-refractivity contribution in [3.8, 4) is 17.0 Å². The lowest BCUT2D eigenvalue weighted by molar-refractivity contribution is -0.138. The molecule has 1 aromatic heterocycles. The van der Waals surface area contributed by atoms with Gasteiger partial charge in [0.15, 0.2) is 0 Å². The average molecular weight is 497 g/mol. The molecule has 0 spiro atoms. The Hall–Kier alpha value is -5.05. The number of pyridine rings is 1. The molecule has 37 heavy (non-hydrogen) atoms. The summed E-state index contributed by atoms with van der Waals surface area (Å²) < 4.78 is 0. The minimum absolute atomic E-state index is 0.109. The maximum atomic E-state index is 13.1. The summed E-state index contributed by atoms with van der Waals surface area (Å²) in [4.78, 5) is 40.2. The molecule has 3 aromatic carbocycles. The number of aliphatic carboxylic acids is 1. The molecule has 4 aromatic rings. The van der Waals surface area contributed by atoms with Gasteiger partial charge in [-0.1, -0.05) is 30.3 Å². The predicted molar refractivity (Wildman–Crippen MR) is 140 cm³/mol. The van der Waals surface area contributed by atoms with E-state index in [0.717, 1.165) is 11.1 Å². The molecule has 0 bridgehead atoms. The third-order valence-corrected chi connectivity index (χ3v) is 5.60. The summed E-state index contributed by atoms with van der Waals surface area (Å²) in [5.41, 5.74) is 6.82. The van der Waals surface area contributed by atoms with Crippen LogP contribution in [0.25, 0.3) is 22.2 Å². The number of carbonyl (C=O) groups is 3. The number of hydrogen-bond donors (Lipinski definition) is 4. The second-order valence-corrected chi connectivity index (χ2v) is 8.28. The van der Waals surface area contributed by atoms with Crippen LogP contribution >= 0.6 is 0 Å². The number of amides is 2. The number of aromatic nitrogens is 1. The highest BCUT2D eigenvalue weighted by Gasteiger charge is 2.14. The van der Waals surface area contributed by atoms with Crippen molar-refractivity contribution < 1.29 is 24.6 Å². The highest BCUT2D eigenvalue weighted by Crippen LogP contribution is 2.26. The second-order valence-electron chi connectivity index (χ2n) is 8.28. The number of nitrogens with one attached hydrogen (secondary N) is 2. The van der Waals surface area contributed by atoms with Crippen molar-refractivity contribution in [1.29, 1.82) is 0 Å². The zero-order valence-electron chi connectivity index (χ0n) is 19.9. The fourth-order valence-electron chi connectivity index (χ4n) is 3.64. The monoisotopic (exact) mass is 496 g/mol. The maximum Gasteiger partial charge on any atom is 0.303 e. The number of phenols is 1. The zero-order chi connectivity index (χ0) is 26.4. The number of benzene rings is 3. The van der Waals surface area contributed by atoms with Gasteiger partial charge in [-0.3, -0.25) is 14.4 Å². The van der Waals surface area contributed by atoms with E-state index in [1.807, 2.05) is 24.3 Å². The van der Waals surface area contributed by atoms with Crippen LogP contribution in [-0.2, 0) is 9.59 Å². The largest absolute Gasteiger partial charge is 0.508 e. The van der Waals surface area contributed by atoms with Crippen LogP contribution < -0.4 is 10.7 Å². The summed E-state index contributed by atoms with van der Waals surface area (Å²) in [5.74, 6) is -1.68. The van der Waals surface area contributed by atoms with Gasteiger partial charge in [-0.05, 0) is 61.0 Å². The Balaban J connectivity index is 1.51. The molecule has 1 heterocycles. The summed E-state index contributed by atoms with van der Waals surface area (Å²) in [5, 5.41) is 25.8. The molecule has 0 unspecified atom stereocenters. The standard InChI is InChI=1S/C28H24N4O5/c1-17(18-6-10-20(11-7-18)29-26(34)14-15-27(35)36)31-32-28(37)23-16-25(19-8-12-21(33)13-9-19)30-24-5-3-2-4-22(23)24/h2-13,16,33H,14-15H2,1H3,(H,29,34)(H,32,37)(H,35,36)/b31-17-.